The molecule has 0 saturated heterocycles. The van der Waals surface area contributed by atoms with Crippen LogP contribution in [-0.4, -0.2) is 11.1 Å². The summed E-state index contributed by atoms with van der Waals surface area (Å²) in [6.07, 6.45) is 5.80. The summed E-state index contributed by atoms with van der Waals surface area (Å²) >= 11 is 0. The van der Waals surface area contributed by atoms with Crippen molar-refractivity contribution in [3.8, 4) is 0 Å². The highest BCUT2D eigenvalue weighted by Crippen LogP contribution is 2.22. The summed E-state index contributed by atoms with van der Waals surface area (Å²) in [5.41, 5.74) is 9.09. The van der Waals surface area contributed by atoms with Gasteiger partial charge in [0.15, 0.2) is 0 Å². The predicted molar refractivity (Wildman–Crippen MR) is 98.5 cm³/mol. The number of nitrogens with zero attached hydrogens (tertiary/aromatic N) is 1. The molecule has 0 spiro atoms. The van der Waals surface area contributed by atoms with E-state index in [4.69, 9.17) is 5.73 Å². The number of hydrogen-bond acceptors (Lipinski definition) is 2. The molecule has 122 valence electrons. The van der Waals surface area contributed by atoms with Crippen LogP contribution in [0.4, 0.5) is 0 Å². The number of benzene rings is 1. The lowest BCUT2D eigenvalue weighted by Gasteiger charge is -2.18. The molecule has 2 rings (SSSR count). The number of aromatic nitrogens is 1. The zero-order chi connectivity index (χ0) is 17.0. The van der Waals surface area contributed by atoms with Crippen molar-refractivity contribution >= 4 is 12.2 Å². The van der Waals surface area contributed by atoms with Gasteiger partial charge in [0.2, 0.25) is 0 Å². The van der Waals surface area contributed by atoms with Crippen molar-refractivity contribution in [2.75, 3.05) is 6.54 Å². The molecule has 1 unspecified atom stereocenters. The Kier molecular flexibility index (Phi) is 5.22. The van der Waals surface area contributed by atoms with Gasteiger partial charge in [-0.1, -0.05) is 57.2 Å². The third kappa shape index (κ3) is 4.42. The Morgan fingerprint density at radius 2 is 1.70 bits per heavy atom. The van der Waals surface area contributed by atoms with E-state index >= 15 is 0 Å². The molecule has 1 atom stereocenters. The van der Waals surface area contributed by atoms with Gasteiger partial charge < -0.3 is 10.3 Å². The molecular formula is C20H26N2O. The largest absolute Gasteiger partial charge is 0.328 e. The van der Waals surface area contributed by atoms with Crippen LogP contribution in [0, 0.1) is 0 Å². The number of rotatable bonds is 4. The summed E-state index contributed by atoms with van der Waals surface area (Å²) in [4.78, 5) is 12.1. The second-order valence-electron chi connectivity index (χ2n) is 7.00. The zero-order valence-corrected chi connectivity index (χ0v) is 14.4. The molecule has 3 heteroatoms. The summed E-state index contributed by atoms with van der Waals surface area (Å²) < 4.78 is 1.66. The van der Waals surface area contributed by atoms with Crippen molar-refractivity contribution in [1.82, 2.24) is 4.57 Å². The monoisotopic (exact) mass is 310 g/mol. The van der Waals surface area contributed by atoms with E-state index in [0.717, 1.165) is 11.1 Å². The van der Waals surface area contributed by atoms with Gasteiger partial charge in [-0.25, -0.2) is 0 Å². The fraction of sp³-hybridized carbons (Fsp3) is 0.350. The van der Waals surface area contributed by atoms with Crippen molar-refractivity contribution in [3.63, 3.8) is 0 Å². The standard InChI is InChI=1S/C20H26N2O/c1-15(14-21)22-12-11-17(13-19(22)23)6-5-16-7-9-18(10-8-16)20(2,3)4/h5-13,15H,14,21H2,1-4H3/b6-5+. The lowest BCUT2D eigenvalue weighted by Crippen LogP contribution is -2.26. The van der Waals surface area contributed by atoms with E-state index in [2.05, 4.69) is 45.0 Å². The van der Waals surface area contributed by atoms with Crippen LogP contribution in [0.25, 0.3) is 12.2 Å². The minimum absolute atomic E-state index is 0.0190. The number of nitrogens with two attached hydrogens (primary N) is 1. The lowest BCUT2D eigenvalue weighted by atomic mass is 9.87. The van der Waals surface area contributed by atoms with Crippen LogP contribution in [0.2, 0.25) is 0 Å². The van der Waals surface area contributed by atoms with Gasteiger partial charge in [0, 0.05) is 24.8 Å². The van der Waals surface area contributed by atoms with Crippen LogP contribution in [0.15, 0.2) is 47.4 Å². The summed E-state index contributed by atoms with van der Waals surface area (Å²) in [5, 5.41) is 0. The van der Waals surface area contributed by atoms with E-state index in [9.17, 15) is 4.79 Å². The molecule has 0 bridgehead atoms. The predicted octanol–water partition coefficient (Wildman–Crippen LogP) is 3.84. The average molecular weight is 310 g/mol. The van der Waals surface area contributed by atoms with Crippen molar-refractivity contribution in [2.24, 2.45) is 5.73 Å². The van der Waals surface area contributed by atoms with Crippen LogP contribution < -0.4 is 11.3 Å². The molecule has 0 aliphatic carbocycles. The third-order valence-corrected chi connectivity index (χ3v) is 4.03. The molecule has 0 aliphatic rings. The maximum atomic E-state index is 12.1. The molecule has 1 aromatic carbocycles. The molecule has 1 aromatic heterocycles. The van der Waals surface area contributed by atoms with Crippen LogP contribution in [0.5, 0.6) is 0 Å². The number of hydrogen-bond donors (Lipinski definition) is 1. The maximum absolute atomic E-state index is 12.1. The first-order valence-corrected chi connectivity index (χ1v) is 8.02. The Labute approximate surface area is 138 Å². The van der Waals surface area contributed by atoms with Crippen LogP contribution in [0.1, 0.15) is 50.4 Å². The van der Waals surface area contributed by atoms with Gasteiger partial charge in [-0.3, -0.25) is 4.79 Å². The first-order valence-electron chi connectivity index (χ1n) is 8.02. The van der Waals surface area contributed by atoms with Crippen LogP contribution in [0.3, 0.4) is 0 Å². The lowest BCUT2D eigenvalue weighted by molar-refractivity contribution is 0.540. The quantitative estimate of drug-likeness (QED) is 0.933. The Bertz CT molecular complexity index is 733. The fourth-order valence-electron chi connectivity index (χ4n) is 2.37. The Hall–Kier alpha value is -2.13. The van der Waals surface area contributed by atoms with E-state index in [1.807, 2.05) is 31.3 Å². The molecule has 2 N–H and O–H groups in total. The molecule has 0 aliphatic heterocycles. The van der Waals surface area contributed by atoms with Gasteiger partial charge in [-0.05, 0) is 35.1 Å². The van der Waals surface area contributed by atoms with E-state index in [1.165, 1.54) is 5.56 Å². The zero-order valence-electron chi connectivity index (χ0n) is 14.4. The topological polar surface area (TPSA) is 48.0 Å². The first kappa shape index (κ1) is 17.2. The van der Waals surface area contributed by atoms with Gasteiger partial charge >= 0.3 is 0 Å². The number of pyridine rings is 1. The van der Waals surface area contributed by atoms with Gasteiger partial charge in [-0.2, -0.15) is 0 Å². The smallest absolute Gasteiger partial charge is 0.251 e. The van der Waals surface area contributed by atoms with Gasteiger partial charge in [0.1, 0.15) is 0 Å². The first-order chi connectivity index (χ1) is 10.8. The second-order valence-corrected chi connectivity index (χ2v) is 7.00. The minimum Gasteiger partial charge on any atom is -0.328 e. The van der Waals surface area contributed by atoms with Gasteiger partial charge in [-0.15, -0.1) is 0 Å². The summed E-state index contributed by atoms with van der Waals surface area (Å²) in [5.74, 6) is 0. The Morgan fingerprint density at radius 1 is 1.09 bits per heavy atom. The third-order valence-electron chi connectivity index (χ3n) is 4.03. The average Bonchev–Trinajstić information content (AvgIpc) is 2.52. The van der Waals surface area contributed by atoms with Crippen molar-refractivity contribution < 1.29 is 0 Å². The highest BCUT2D eigenvalue weighted by Gasteiger charge is 2.12. The Morgan fingerprint density at radius 3 is 2.22 bits per heavy atom. The molecular weight excluding hydrogens is 284 g/mol. The van der Waals surface area contributed by atoms with E-state index in [1.54, 1.807) is 10.6 Å². The summed E-state index contributed by atoms with van der Waals surface area (Å²) in [6.45, 7) is 9.00. The summed E-state index contributed by atoms with van der Waals surface area (Å²) in [7, 11) is 0. The highest BCUT2D eigenvalue weighted by molar-refractivity contribution is 5.69. The van der Waals surface area contributed by atoms with E-state index in [-0.39, 0.29) is 17.0 Å². The molecule has 0 amide bonds. The van der Waals surface area contributed by atoms with Gasteiger partial charge in [0.05, 0.1) is 0 Å². The van der Waals surface area contributed by atoms with E-state index < -0.39 is 0 Å². The van der Waals surface area contributed by atoms with Crippen molar-refractivity contribution in [1.29, 1.82) is 0 Å². The van der Waals surface area contributed by atoms with Crippen LogP contribution >= 0.6 is 0 Å². The van der Waals surface area contributed by atoms with E-state index in [0.29, 0.717) is 6.54 Å². The maximum Gasteiger partial charge on any atom is 0.251 e. The van der Waals surface area contributed by atoms with Gasteiger partial charge in [0.25, 0.3) is 5.56 Å². The van der Waals surface area contributed by atoms with Crippen LogP contribution in [-0.2, 0) is 5.41 Å². The molecule has 0 saturated carbocycles. The molecule has 0 fully saturated rings. The SMILES string of the molecule is CC(CN)n1ccc(/C=C/c2ccc(C(C)(C)C)cc2)cc1=O. The minimum atomic E-state index is -0.0202. The normalized spacial score (nSPS) is 13.4. The van der Waals surface area contributed by atoms with Crippen molar-refractivity contribution in [2.45, 2.75) is 39.2 Å². The summed E-state index contributed by atoms with van der Waals surface area (Å²) in [6, 6.07) is 12.1. The Balaban J connectivity index is 2.17. The second kappa shape index (κ2) is 6.97. The molecule has 0 radical (unpaired) electrons. The fourth-order valence-corrected chi connectivity index (χ4v) is 2.37. The molecule has 3 nitrogen and oxygen atoms in total. The van der Waals surface area contributed by atoms with Crippen molar-refractivity contribution in [3.05, 3.63) is 69.6 Å². The molecule has 2 aromatic rings. The molecule has 1 heterocycles. The molecule has 23 heavy (non-hydrogen) atoms. The highest BCUT2D eigenvalue weighted by atomic mass is 16.1.